The highest BCUT2D eigenvalue weighted by Gasteiger charge is 2.16. The highest BCUT2D eigenvalue weighted by molar-refractivity contribution is 5.21. The summed E-state index contributed by atoms with van der Waals surface area (Å²) >= 11 is 0. The molecule has 1 aliphatic rings. The maximum Gasteiger partial charge on any atom is 0.137 e. The Morgan fingerprint density at radius 2 is 2.26 bits per heavy atom. The van der Waals surface area contributed by atoms with Gasteiger partial charge in [-0.25, -0.2) is 0 Å². The van der Waals surface area contributed by atoms with E-state index in [2.05, 4.69) is 30.2 Å². The van der Waals surface area contributed by atoms with Gasteiger partial charge < -0.3 is 10.1 Å². The quantitative estimate of drug-likeness (QED) is 0.775. The third-order valence-electron chi connectivity index (χ3n) is 3.92. The van der Waals surface area contributed by atoms with Crippen molar-refractivity contribution in [2.75, 3.05) is 13.2 Å². The van der Waals surface area contributed by atoms with Crippen molar-refractivity contribution in [3.8, 4) is 5.75 Å². The van der Waals surface area contributed by atoms with E-state index < -0.39 is 0 Å². The highest BCUT2D eigenvalue weighted by Crippen LogP contribution is 2.29. The molecule has 2 rings (SSSR count). The van der Waals surface area contributed by atoms with Crippen molar-refractivity contribution >= 4 is 0 Å². The van der Waals surface area contributed by atoms with Crippen LogP contribution in [0.2, 0.25) is 0 Å². The molecule has 0 bridgehead atoms. The van der Waals surface area contributed by atoms with Gasteiger partial charge in [0.15, 0.2) is 0 Å². The van der Waals surface area contributed by atoms with Crippen LogP contribution in [-0.2, 0) is 0 Å². The van der Waals surface area contributed by atoms with Crippen LogP contribution in [0.25, 0.3) is 0 Å². The molecule has 3 nitrogen and oxygen atoms in total. The molecule has 0 saturated heterocycles. The zero-order chi connectivity index (χ0) is 13.5. The van der Waals surface area contributed by atoms with Gasteiger partial charge in [-0.1, -0.05) is 26.2 Å². The normalized spacial score (nSPS) is 16.9. The second-order valence-electron chi connectivity index (χ2n) is 5.53. The van der Waals surface area contributed by atoms with Gasteiger partial charge in [0, 0.05) is 6.04 Å². The summed E-state index contributed by atoms with van der Waals surface area (Å²) in [5, 5.41) is 3.44. The molecule has 0 aliphatic heterocycles. The number of nitrogens with zero attached hydrogens (tertiary/aromatic N) is 1. The lowest BCUT2D eigenvalue weighted by Crippen LogP contribution is -2.20. The molecule has 1 heterocycles. The van der Waals surface area contributed by atoms with Crippen LogP contribution < -0.4 is 10.1 Å². The van der Waals surface area contributed by atoms with Gasteiger partial charge in [-0.2, -0.15) is 0 Å². The van der Waals surface area contributed by atoms with E-state index >= 15 is 0 Å². The molecule has 1 N–H and O–H groups in total. The smallest absolute Gasteiger partial charge is 0.137 e. The lowest BCUT2D eigenvalue weighted by Gasteiger charge is -2.24. The largest absolute Gasteiger partial charge is 0.492 e. The molecule has 0 spiro atoms. The van der Waals surface area contributed by atoms with E-state index in [0.29, 0.717) is 6.04 Å². The van der Waals surface area contributed by atoms with Crippen molar-refractivity contribution in [2.45, 2.75) is 52.0 Å². The maximum atomic E-state index is 5.75. The van der Waals surface area contributed by atoms with Gasteiger partial charge >= 0.3 is 0 Å². The number of nitrogens with one attached hydrogen (secondary N) is 1. The molecular formula is C16H26N2O. The van der Waals surface area contributed by atoms with Gasteiger partial charge in [0.1, 0.15) is 5.75 Å². The van der Waals surface area contributed by atoms with Gasteiger partial charge in [-0.05, 0) is 44.4 Å². The molecule has 1 unspecified atom stereocenters. The summed E-state index contributed by atoms with van der Waals surface area (Å²) in [4.78, 5) is 4.48. The molecule has 1 aromatic rings. The van der Waals surface area contributed by atoms with E-state index in [9.17, 15) is 0 Å². The number of rotatable bonds is 8. The van der Waals surface area contributed by atoms with Crippen molar-refractivity contribution < 1.29 is 4.74 Å². The number of aromatic nitrogens is 1. The van der Waals surface area contributed by atoms with Gasteiger partial charge in [-0.15, -0.1) is 0 Å². The summed E-state index contributed by atoms with van der Waals surface area (Å²) in [5.41, 5.74) is 1.08. The highest BCUT2D eigenvalue weighted by atomic mass is 16.5. The zero-order valence-electron chi connectivity index (χ0n) is 12.2. The molecular weight excluding hydrogens is 236 g/mol. The van der Waals surface area contributed by atoms with Crippen molar-refractivity contribution in [3.63, 3.8) is 0 Å². The Hall–Kier alpha value is -1.09. The van der Waals surface area contributed by atoms with Crippen LogP contribution in [-0.4, -0.2) is 18.1 Å². The Morgan fingerprint density at radius 1 is 1.42 bits per heavy atom. The minimum atomic E-state index is 0.309. The van der Waals surface area contributed by atoms with E-state index in [4.69, 9.17) is 4.74 Å². The van der Waals surface area contributed by atoms with Crippen LogP contribution in [0, 0.1) is 5.92 Å². The average molecular weight is 262 g/mol. The molecule has 1 aliphatic carbocycles. The molecule has 0 aromatic carbocycles. The maximum absolute atomic E-state index is 5.75. The van der Waals surface area contributed by atoms with Crippen molar-refractivity contribution in [1.29, 1.82) is 0 Å². The Kier molecular flexibility index (Phi) is 5.64. The summed E-state index contributed by atoms with van der Waals surface area (Å²) < 4.78 is 5.75. The molecule has 1 aromatic heterocycles. The first-order valence-corrected chi connectivity index (χ1v) is 7.61. The fraction of sp³-hybridized carbons (Fsp3) is 0.688. The topological polar surface area (TPSA) is 34.1 Å². The Labute approximate surface area is 116 Å². The summed E-state index contributed by atoms with van der Waals surface area (Å²) in [6, 6.07) is 4.41. The lowest BCUT2D eigenvalue weighted by atomic mass is 9.83. The van der Waals surface area contributed by atoms with Crippen LogP contribution >= 0.6 is 0 Å². The minimum absolute atomic E-state index is 0.309. The van der Waals surface area contributed by atoms with Crippen molar-refractivity contribution in [3.05, 3.63) is 24.0 Å². The van der Waals surface area contributed by atoms with Crippen LogP contribution in [0.5, 0.6) is 5.75 Å². The third kappa shape index (κ3) is 4.50. The number of hydrogen-bond acceptors (Lipinski definition) is 3. The SMILES string of the molecule is CCCNC(C)c1ccc(OCCC2CCC2)cn1. The van der Waals surface area contributed by atoms with Crippen LogP contribution in [0.4, 0.5) is 0 Å². The molecule has 1 atom stereocenters. The van der Waals surface area contributed by atoms with Crippen LogP contribution in [0.3, 0.4) is 0 Å². The van der Waals surface area contributed by atoms with Gasteiger partial charge in [0.25, 0.3) is 0 Å². The van der Waals surface area contributed by atoms with Gasteiger partial charge in [0.2, 0.25) is 0 Å². The minimum Gasteiger partial charge on any atom is -0.492 e. The second-order valence-corrected chi connectivity index (χ2v) is 5.53. The third-order valence-corrected chi connectivity index (χ3v) is 3.92. The molecule has 1 saturated carbocycles. The van der Waals surface area contributed by atoms with E-state index in [-0.39, 0.29) is 0 Å². The van der Waals surface area contributed by atoms with Crippen LogP contribution in [0.15, 0.2) is 18.3 Å². The first-order valence-electron chi connectivity index (χ1n) is 7.61. The first kappa shape index (κ1) is 14.3. The summed E-state index contributed by atoms with van der Waals surface area (Å²) in [7, 11) is 0. The van der Waals surface area contributed by atoms with E-state index in [1.807, 2.05) is 12.3 Å². The van der Waals surface area contributed by atoms with E-state index in [1.165, 1.54) is 25.7 Å². The van der Waals surface area contributed by atoms with E-state index in [1.54, 1.807) is 0 Å². The van der Waals surface area contributed by atoms with E-state index in [0.717, 1.165) is 36.9 Å². The number of hydrogen-bond donors (Lipinski definition) is 1. The molecule has 1 fully saturated rings. The summed E-state index contributed by atoms with van der Waals surface area (Å²) in [6.45, 7) is 6.18. The molecule has 0 amide bonds. The second kappa shape index (κ2) is 7.49. The Morgan fingerprint density at radius 3 is 2.84 bits per heavy atom. The molecule has 106 valence electrons. The molecule has 3 heteroatoms. The Bertz CT molecular complexity index is 360. The predicted octanol–water partition coefficient (Wildman–Crippen LogP) is 3.71. The first-order chi connectivity index (χ1) is 9.29. The Balaban J connectivity index is 1.73. The average Bonchev–Trinajstić information content (AvgIpc) is 2.39. The van der Waals surface area contributed by atoms with Crippen molar-refractivity contribution in [1.82, 2.24) is 10.3 Å². The summed E-state index contributed by atoms with van der Waals surface area (Å²) in [5.74, 6) is 1.80. The fourth-order valence-electron chi connectivity index (χ4n) is 2.32. The predicted molar refractivity (Wildman–Crippen MR) is 78.4 cm³/mol. The standard InChI is InChI=1S/C16H26N2O/c1-3-10-17-13(2)16-8-7-15(12-18-16)19-11-9-14-5-4-6-14/h7-8,12-14,17H,3-6,9-11H2,1-2H3. The van der Waals surface area contributed by atoms with Gasteiger partial charge in [-0.3, -0.25) is 4.98 Å². The number of pyridine rings is 1. The van der Waals surface area contributed by atoms with Gasteiger partial charge in [0.05, 0.1) is 18.5 Å². The monoisotopic (exact) mass is 262 g/mol. The lowest BCUT2D eigenvalue weighted by molar-refractivity contribution is 0.221. The van der Waals surface area contributed by atoms with Crippen LogP contribution in [0.1, 0.15) is 57.7 Å². The number of ether oxygens (including phenoxy) is 1. The van der Waals surface area contributed by atoms with Crippen molar-refractivity contribution in [2.24, 2.45) is 5.92 Å². The molecule has 19 heavy (non-hydrogen) atoms. The fourth-order valence-corrected chi connectivity index (χ4v) is 2.32. The zero-order valence-corrected chi connectivity index (χ0v) is 12.2. The summed E-state index contributed by atoms with van der Waals surface area (Å²) in [6.07, 6.45) is 8.37. The molecule has 0 radical (unpaired) electrons.